The first-order chi connectivity index (χ1) is 9.20. The zero-order valence-electron chi connectivity index (χ0n) is 11.5. The van der Waals surface area contributed by atoms with Crippen molar-refractivity contribution in [2.45, 2.75) is 32.7 Å². The molecular weight excluding hydrogens is 298 g/mol. The minimum Gasteiger partial charge on any atom is -0.381 e. The third kappa shape index (κ3) is 3.84. The molecule has 0 aliphatic carbocycles. The van der Waals surface area contributed by atoms with Gasteiger partial charge in [-0.3, -0.25) is 0 Å². The topological polar surface area (TPSA) is 12.0 Å². The highest BCUT2D eigenvalue weighted by Gasteiger charge is 2.03. The van der Waals surface area contributed by atoms with Gasteiger partial charge in [-0.25, -0.2) is 0 Å². The van der Waals surface area contributed by atoms with Crippen molar-refractivity contribution < 1.29 is 0 Å². The zero-order chi connectivity index (χ0) is 13.7. The Morgan fingerprint density at radius 2 is 1.74 bits per heavy atom. The largest absolute Gasteiger partial charge is 0.381 e. The third-order valence-electron chi connectivity index (χ3n) is 3.53. The molecule has 19 heavy (non-hydrogen) atoms. The van der Waals surface area contributed by atoms with Gasteiger partial charge >= 0.3 is 0 Å². The summed E-state index contributed by atoms with van der Waals surface area (Å²) in [6.45, 7) is 5.33. The highest BCUT2D eigenvalue weighted by molar-refractivity contribution is 9.10. The summed E-state index contributed by atoms with van der Waals surface area (Å²) in [5, 5.41) is 3.46. The lowest BCUT2D eigenvalue weighted by atomic mass is 9.99. The number of nitrogens with one attached hydrogen (secondary N) is 1. The van der Waals surface area contributed by atoms with Crippen LogP contribution in [0.3, 0.4) is 0 Å². The van der Waals surface area contributed by atoms with E-state index in [-0.39, 0.29) is 0 Å². The Balaban J connectivity index is 1.99. The Kier molecular flexibility index (Phi) is 5.03. The van der Waals surface area contributed by atoms with Crippen molar-refractivity contribution in [3.8, 4) is 0 Å². The van der Waals surface area contributed by atoms with Gasteiger partial charge in [0.25, 0.3) is 0 Å². The van der Waals surface area contributed by atoms with Crippen LogP contribution < -0.4 is 5.32 Å². The van der Waals surface area contributed by atoms with E-state index in [1.54, 1.807) is 0 Å². The van der Waals surface area contributed by atoms with Crippen LogP contribution in [-0.2, 0) is 6.54 Å². The number of hydrogen-bond acceptors (Lipinski definition) is 1. The van der Waals surface area contributed by atoms with Gasteiger partial charge in [-0.2, -0.15) is 0 Å². The van der Waals surface area contributed by atoms with E-state index in [1.165, 1.54) is 23.2 Å². The molecule has 1 atom stereocenters. The van der Waals surface area contributed by atoms with Gasteiger partial charge in [0.2, 0.25) is 0 Å². The van der Waals surface area contributed by atoms with Gasteiger partial charge in [0, 0.05) is 16.7 Å². The lowest BCUT2D eigenvalue weighted by Crippen LogP contribution is -2.00. The maximum atomic E-state index is 3.57. The van der Waals surface area contributed by atoms with Crippen LogP contribution in [0.2, 0.25) is 0 Å². The lowest BCUT2D eigenvalue weighted by molar-refractivity contribution is 0.734. The van der Waals surface area contributed by atoms with Gasteiger partial charge in [0.15, 0.2) is 0 Å². The Bertz CT molecular complexity index is 519. The van der Waals surface area contributed by atoms with Crippen molar-refractivity contribution in [2.24, 2.45) is 0 Å². The normalized spacial score (nSPS) is 12.2. The molecule has 0 spiro atoms. The molecule has 0 aliphatic heterocycles. The molecule has 0 heterocycles. The molecule has 1 nitrogen and oxygen atoms in total. The minimum absolute atomic E-state index is 0.636. The van der Waals surface area contributed by atoms with E-state index in [0.717, 1.165) is 11.0 Å². The molecule has 0 radical (unpaired) electrons. The van der Waals surface area contributed by atoms with Gasteiger partial charge in [-0.05, 0) is 41.7 Å². The number of benzene rings is 2. The smallest absolute Gasteiger partial charge is 0.0411 e. The summed E-state index contributed by atoms with van der Waals surface area (Å²) in [7, 11) is 0. The van der Waals surface area contributed by atoms with Crippen molar-refractivity contribution in [3.05, 3.63) is 64.1 Å². The standard InChI is InChI=1S/C17H20BrN/c1-3-13(2)14-8-10-16(11-9-14)19-12-15-6-4-5-7-17(15)18/h4-11,13,19H,3,12H2,1-2H3. The molecule has 0 fully saturated rings. The first kappa shape index (κ1) is 14.1. The molecule has 1 unspecified atom stereocenters. The Morgan fingerprint density at radius 1 is 1.05 bits per heavy atom. The minimum atomic E-state index is 0.636. The second kappa shape index (κ2) is 6.76. The third-order valence-corrected chi connectivity index (χ3v) is 4.31. The van der Waals surface area contributed by atoms with Crippen molar-refractivity contribution >= 4 is 21.6 Å². The molecule has 0 aliphatic rings. The van der Waals surface area contributed by atoms with E-state index < -0.39 is 0 Å². The van der Waals surface area contributed by atoms with E-state index in [2.05, 4.69) is 77.6 Å². The average molecular weight is 318 g/mol. The molecule has 2 rings (SSSR count). The molecule has 2 aromatic carbocycles. The molecule has 1 N–H and O–H groups in total. The van der Waals surface area contributed by atoms with E-state index in [1.807, 2.05) is 6.07 Å². The van der Waals surface area contributed by atoms with Crippen molar-refractivity contribution in [1.29, 1.82) is 0 Å². The van der Waals surface area contributed by atoms with Crippen molar-refractivity contribution in [2.75, 3.05) is 5.32 Å². The molecule has 0 saturated heterocycles. The summed E-state index contributed by atoms with van der Waals surface area (Å²) in [4.78, 5) is 0. The van der Waals surface area contributed by atoms with Crippen LogP contribution in [0.4, 0.5) is 5.69 Å². The quantitative estimate of drug-likeness (QED) is 0.759. The second-order valence-corrected chi connectivity index (χ2v) is 5.73. The van der Waals surface area contributed by atoms with E-state index in [0.29, 0.717) is 5.92 Å². The Morgan fingerprint density at radius 3 is 2.37 bits per heavy atom. The van der Waals surface area contributed by atoms with E-state index >= 15 is 0 Å². The summed E-state index contributed by atoms with van der Waals surface area (Å²) in [5.74, 6) is 0.636. The van der Waals surface area contributed by atoms with Crippen LogP contribution in [0.5, 0.6) is 0 Å². The molecule has 2 aromatic rings. The summed E-state index contributed by atoms with van der Waals surface area (Å²) in [5.41, 5.74) is 3.85. The van der Waals surface area contributed by atoms with Crippen LogP contribution in [0.15, 0.2) is 53.0 Å². The first-order valence-corrected chi connectivity index (χ1v) is 7.57. The number of rotatable bonds is 5. The Hall–Kier alpha value is -1.28. The van der Waals surface area contributed by atoms with Gasteiger partial charge in [-0.1, -0.05) is 60.1 Å². The fourth-order valence-electron chi connectivity index (χ4n) is 2.00. The maximum absolute atomic E-state index is 3.57. The van der Waals surface area contributed by atoms with Gasteiger partial charge in [0.05, 0.1) is 0 Å². The van der Waals surface area contributed by atoms with Crippen molar-refractivity contribution in [3.63, 3.8) is 0 Å². The van der Waals surface area contributed by atoms with Crippen LogP contribution in [-0.4, -0.2) is 0 Å². The fourth-order valence-corrected chi connectivity index (χ4v) is 2.43. The van der Waals surface area contributed by atoms with Gasteiger partial charge < -0.3 is 5.32 Å². The predicted octanol–water partition coefficient (Wildman–Crippen LogP) is 5.57. The SMILES string of the molecule is CCC(C)c1ccc(NCc2ccccc2Br)cc1. The van der Waals surface area contributed by atoms with Crippen LogP contribution in [0, 0.1) is 0 Å². The molecule has 0 saturated carbocycles. The van der Waals surface area contributed by atoms with E-state index in [9.17, 15) is 0 Å². The second-order valence-electron chi connectivity index (χ2n) is 4.88. The van der Waals surface area contributed by atoms with Crippen LogP contribution >= 0.6 is 15.9 Å². The molecule has 0 bridgehead atoms. The van der Waals surface area contributed by atoms with E-state index in [4.69, 9.17) is 0 Å². The monoisotopic (exact) mass is 317 g/mol. The fraction of sp³-hybridized carbons (Fsp3) is 0.294. The summed E-state index contributed by atoms with van der Waals surface area (Å²) in [6.07, 6.45) is 1.18. The molecular formula is C17H20BrN. The average Bonchev–Trinajstić information content (AvgIpc) is 2.46. The molecule has 2 heteroatoms. The number of anilines is 1. The molecule has 100 valence electrons. The first-order valence-electron chi connectivity index (χ1n) is 6.78. The van der Waals surface area contributed by atoms with Gasteiger partial charge in [-0.15, -0.1) is 0 Å². The number of hydrogen-bond donors (Lipinski definition) is 1. The van der Waals surface area contributed by atoms with Gasteiger partial charge in [0.1, 0.15) is 0 Å². The maximum Gasteiger partial charge on any atom is 0.0411 e. The van der Waals surface area contributed by atoms with Crippen LogP contribution in [0.1, 0.15) is 37.3 Å². The van der Waals surface area contributed by atoms with Crippen LogP contribution in [0.25, 0.3) is 0 Å². The highest BCUT2D eigenvalue weighted by Crippen LogP contribution is 2.21. The zero-order valence-corrected chi connectivity index (χ0v) is 13.1. The Labute approximate surface area is 124 Å². The molecule has 0 amide bonds. The summed E-state index contributed by atoms with van der Waals surface area (Å²) < 4.78 is 1.15. The summed E-state index contributed by atoms with van der Waals surface area (Å²) >= 11 is 3.57. The summed E-state index contributed by atoms with van der Waals surface area (Å²) in [6, 6.07) is 17.1. The highest BCUT2D eigenvalue weighted by atomic mass is 79.9. The predicted molar refractivity (Wildman–Crippen MR) is 86.6 cm³/mol. The number of halogens is 1. The molecule has 0 aromatic heterocycles. The van der Waals surface area contributed by atoms with Crippen molar-refractivity contribution in [1.82, 2.24) is 0 Å². The lowest BCUT2D eigenvalue weighted by Gasteiger charge is -2.11.